The van der Waals surface area contributed by atoms with Gasteiger partial charge in [0.2, 0.25) is 0 Å². The fourth-order valence-corrected chi connectivity index (χ4v) is 10.3. The van der Waals surface area contributed by atoms with Crippen molar-refractivity contribution in [3.05, 3.63) is 0 Å². The molecule has 0 bridgehead atoms. The molecule has 2 unspecified atom stereocenters. The lowest BCUT2D eigenvalue weighted by atomic mass is 10.0. The van der Waals surface area contributed by atoms with Gasteiger partial charge in [0, 0.05) is 25.7 Å². The molecule has 0 rings (SSSR count). The number of rotatable bonds is 59. The van der Waals surface area contributed by atoms with Crippen LogP contribution in [0.3, 0.4) is 0 Å². The number of aliphatic hydroxyl groups is 1. The lowest BCUT2D eigenvalue weighted by Gasteiger charge is -2.21. The summed E-state index contributed by atoms with van der Waals surface area (Å²) in [5, 5.41) is 10.5. The maximum Gasteiger partial charge on any atom is 0.472 e. The Morgan fingerprint density at radius 1 is 0.346 bits per heavy atom. The molecular formula is C59H114O17P2. The molecule has 0 saturated carbocycles. The van der Waals surface area contributed by atoms with E-state index < -0.39 is 97.5 Å². The molecule has 0 aliphatic carbocycles. The van der Waals surface area contributed by atoms with Gasteiger partial charge in [0.1, 0.15) is 19.3 Å². The number of phosphoric acid groups is 2. The normalized spacial score (nSPS) is 14.4. The van der Waals surface area contributed by atoms with Crippen LogP contribution >= 0.6 is 15.6 Å². The van der Waals surface area contributed by atoms with Crippen molar-refractivity contribution in [3.63, 3.8) is 0 Å². The number of carbonyl (C=O) groups excluding carboxylic acids is 4. The number of hydrogen-bond acceptors (Lipinski definition) is 15. The van der Waals surface area contributed by atoms with Crippen molar-refractivity contribution < 1.29 is 80.2 Å². The molecule has 0 amide bonds. The van der Waals surface area contributed by atoms with Gasteiger partial charge < -0.3 is 33.8 Å². The second-order valence-corrected chi connectivity index (χ2v) is 24.8. The third-order valence-electron chi connectivity index (χ3n) is 13.5. The van der Waals surface area contributed by atoms with Crippen LogP contribution in [0.5, 0.6) is 0 Å². The summed E-state index contributed by atoms with van der Waals surface area (Å²) in [5.74, 6) is -1.40. The van der Waals surface area contributed by atoms with Gasteiger partial charge in [0.05, 0.1) is 26.4 Å². The maximum atomic E-state index is 12.9. The lowest BCUT2D eigenvalue weighted by Crippen LogP contribution is -2.30. The summed E-state index contributed by atoms with van der Waals surface area (Å²) in [4.78, 5) is 71.7. The minimum atomic E-state index is -4.94. The topological polar surface area (TPSA) is 237 Å². The molecule has 0 aliphatic rings. The molecule has 5 atom stereocenters. The van der Waals surface area contributed by atoms with Crippen LogP contribution in [0.1, 0.15) is 291 Å². The Morgan fingerprint density at radius 2 is 0.590 bits per heavy atom. The predicted molar refractivity (Wildman–Crippen MR) is 308 cm³/mol. The molecule has 0 aromatic heterocycles. The largest absolute Gasteiger partial charge is 0.472 e. The van der Waals surface area contributed by atoms with E-state index in [2.05, 4.69) is 34.6 Å². The summed E-state index contributed by atoms with van der Waals surface area (Å²) >= 11 is 0. The summed E-state index contributed by atoms with van der Waals surface area (Å²) in [6, 6.07) is 0. The van der Waals surface area contributed by atoms with Crippen LogP contribution in [0.15, 0.2) is 0 Å². The summed E-state index contributed by atoms with van der Waals surface area (Å²) < 4.78 is 67.6. The van der Waals surface area contributed by atoms with Crippen molar-refractivity contribution in [3.8, 4) is 0 Å². The first-order valence-electron chi connectivity index (χ1n) is 31.1. The number of ether oxygens (including phenoxy) is 4. The first kappa shape index (κ1) is 76.1. The molecule has 462 valence electrons. The highest BCUT2D eigenvalue weighted by atomic mass is 31.2. The number of esters is 4. The van der Waals surface area contributed by atoms with Gasteiger partial charge >= 0.3 is 39.5 Å². The van der Waals surface area contributed by atoms with Crippen molar-refractivity contribution in [1.82, 2.24) is 0 Å². The number of hydrogen-bond donors (Lipinski definition) is 3. The van der Waals surface area contributed by atoms with E-state index in [1.165, 1.54) is 109 Å². The van der Waals surface area contributed by atoms with E-state index in [-0.39, 0.29) is 25.7 Å². The maximum absolute atomic E-state index is 12.9. The third-order valence-corrected chi connectivity index (χ3v) is 15.4. The molecule has 0 aliphatic heterocycles. The Hall–Kier alpha value is -1.94. The van der Waals surface area contributed by atoms with Crippen LogP contribution in [0.4, 0.5) is 0 Å². The van der Waals surface area contributed by atoms with E-state index in [0.717, 1.165) is 102 Å². The van der Waals surface area contributed by atoms with E-state index in [9.17, 15) is 43.2 Å². The van der Waals surface area contributed by atoms with Crippen molar-refractivity contribution in [2.75, 3.05) is 39.6 Å². The van der Waals surface area contributed by atoms with Gasteiger partial charge in [-0.3, -0.25) is 37.3 Å². The fraction of sp³-hybridized carbons (Fsp3) is 0.932. The monoisotopic (exact) mass is 1160 g/mol. The van der Waals surface area contributed by atoms with Gasteiger partial charge in [0.25, 0.3) is 0 Å². The number of carbonyl (C=O) groups is 4. The zero-order chi connectivity index (χ0) is 57.8. The second kappa shape index (κ2) is 53.1. The van der Waals surface area contributed by atoms with Crippen molar-refractivity contribution >= 4 is 39.5 Å². The molecule has 0 aromatic rings. The summed E-state index contributed by atoms with van der Waals surface area (Å²) in [5.41, 5.74) is 0. The van der Waals surface area contributed by atoms with Gasteiger partial charge in [0.15, 0.2) is 12.2 Å². The highest BCUT2D eigenvalue weighted by Crippen LogP contribution is 2.45. The highest BCUT2D eigenvalue weighted by molar-refractivity contribution is 7.47. The van der Waals surface area contributed by atoms with Gasteiger partial charge in [-0.2, -0.15) is 0 Å². The molecule has 19 heteroatoms. The quantitative estimate of drug-likeness (QED) is 0.0222. The molecule has 0 fully saturated rings. The average molecular weight is 1160 g/mol. The molecule has 0 radical (unpaired) electrons. The first-order chi connectivity index (χ1) is 37.5. The Labute approximate surface area is 473 Å². The second-order valence-electron chi connectivity index (χ2n) is 21.9. The number of aliphatic hydroxyl groups excluding tert-OH is 1. The Kier molecular flexibility index (Phi) is 51.8. The fourth-order valence-electron chi connectivity index (χ4n) is 8.70. The first-order valence-corrected chi connectivity index (χ1v) is 34.1. The zero-order valence-corrected chi connectivity index (χ0v) is 51.6. The highest BCUT2D eigenvalue weighted by Gasteiger charge is 2.30. The molecule has 78 heavy (non-hydrogen) atoms. The van der Waals surface area contributed by atoms with Gasteiger partial charge in [-0.1, -0.05) is 240 Å². The SMILES string of the molecule is CCCCCCCCCCCCCC(=O)OC[C@H](COP(=O)(O)OC[C@@H](O)COP(=O)(O)OC[C@@H](COC(=O)CCCCCCC)OC(=O)CCCCCCCCCCC)OC(=O)CCCCCCCCCCCCC(C)C. The molecule has 0 aromatic carbocycles. The molecule has 3 N–H and O–H groups in total. The smallest absolute Gasteiger partial charge is 0.462 e. The summed E-state index contributed by atoms with van der Waals surface area (Å²) in [6.07, 6.45) is 35.1. The van der Waals surface area contributed by atoms with Crippen molar-refractivity contribution in [1.29, 1.82) is 0 Å². The summed E-state index contributed by atoms with van der Waals surface area (Å²) in [6.45, 7) is 7.04. The van der Waals surface area contributed by atoms with Crippen LogP contribution in [-0.2, 0) is 65.4 Å². The predicted octanol–water partition coefficient (Wildman–Crippen LogP) is 15.8. The molecule has 0 saturated heterocycles. The standard InChI is InChI=1S/C59H114O17P2/c1-6-9-12-15-17-19-20-25-28-33-38-43-57(62)70-49-55(76-59(64)45-40-35-30-26-22-21-24-27-32-36-41-52(4)5)51-74-78(67,68)72-47-53(60)46-71-77(65,66)73-50-54(48-69-56(61)42-37-31-14-11-8-3)75-58(63)44-39-34-29-23-18-16-13-10-7-2/h52-55,60H,6-51H2,1-5H3,(H,65,66)(H,67,68)/t53-,54+,55+/m0/s1. The van der Waals surface area contributed by atoms with E-state index in [1.54, 1.807) is 0 Å². The minimum absolute atomic E-state index is 0.105. The van der Waals surface area contributed by atoms with Gasteiger partial charge in [-0.25, -0.2) is 9.13 Å². The molecule has 17 nitrogen and oxygen atoms in total. The zero-order valence-electron chi connectivity index (χ0n) is 49.8. The van der Waals surface area contributed by atoms with E-state index in [0.29, 0.717) is 25.7 Å². The van der Waals surface area contributed by atoms with Crippen molar-refractivity contribution in [2.24, 2.45) is 5.92 Å². The average Bonchev–Trinajstić information content (AvgIpc) is 3.40. The Morgan fingerprint density at radius 3 is 0.872 bits per heavy atom. The number of unbranched alkanes of at least 4 members (excludes halogenated alkanes) is 31. The molecule has 0 spiro atoms. The van der Waals surface area contributed by atoms with Crippen LogP contribution in [0.2, 0.25) is 0 Å². The summed E-state index contributed by atoms with van der Waals surface area (Å²) in [7, 11) is -9.86. The lowest BCUT2D eigenvalue weighted by molar-refractivity contribution is -0.161. The minimum Gasteiger partial charge on any atom is -0.462 e. The number of phosphoric ester groups is 2. The third kappa shape index (κ3) is 53.4. The van der Waals surface area contributed by atoms with Crippen LogP contribution < -0.4 is 0 Å². The van der Waals surface area contributed by atoms with Gasteiger partial charge in [-0.15, -0.1) is 0 Å². The van der Waals surface area contributed by atoms with Gasteiger partial charge in [-0.05, 0) is 31.6 Å². The van der Waals surface area contributed by atoms with Crippen LogP contribution in [-0.4, -0.2) is 96.7 Å². The van der Waals surface area contributed by atoms with E-state index in [4.69, 9.17) is 37.0 Å². The molecule has 0 heterocycles. The van der Waals surface area contributed by atoms with Crippen molar-refractivity contribution in [2.45, 2.75) is 310 Å². The van der Waals surface area contributed by atoms with E-state index in [1.807, 2.05) is 0 Å². The molecular weight excluding hydrogens is 1040 g/mol. The van der Waals surface area contributed by atoms with E-state index >= 15 is 0 Å². The Bertz CT molecular complexity index is 1530. The van der Waals surface area contributed by atoms with Crippen LogP contribution in [0.25, 0.3) is 0 Å². The van der Waals surface area contributed by atoms with Crippen LogP contribution in [0, 0.1) is 5.92 Å². The Balaban J connectivity index is 5.18.